The third-order valence-electron chi connectivity index (χ3n) is 3.81. The summed E-state index contributed by atoms with van der Waals surface area (Å²) in [6.07, 6.45) is 3.80. The summed E-state index contributed by atoms with van der Waals surface area (Å²) in [5.74, 6) is 0.705. The van der Waals surface area contributed by atoms with Crippen LogP contribution in [-0.4, -0.2) is 28.8 Å². The molecule has 0 saturated carbocycles. The number of furan rings is 1. The van der Waals surface area contributed by atoms with Crippen molar-refractivity contribution in [3.8, 4) is 0 Å². The second kappa shape index (κ2) is 7.31. The van der Waals surface area contributed by atoms with Gasteiger partial charge in [-0.3, -0.25) is 9.48 Å². The van der Waals surface area contributed by atoms with Gasteiger partial charge in [0, 0.05) is 18.1 Å². The van der Waals surface area contributed by atoms with Gasteiger partial charge in [0.1, 0.15) is 11.3 Å². The van der Waals surface area contributed by atoms with E-state index < -0.39 is 0 Å². The van der Waals surface area contributed by atoms with Crippen LogP contribution in [0.2, 0.25) is 0 Å². The number of para-hydroxylation sites is 1. The molecule has 0 aliphatic carbocycles. The Balaban J connectivity index is 1.44. The number of carbonyl (C=O) groups is 1. The standard InChI is InChI=1S/C18H22N4O2/c1-13-10-20-22(12-13)8-7-19-11-18(23)21-14(2)17-9-15-5-3-4-6-16(15)24-17/h3-6,9-10,12,14,19H,7-8,11H2,1-2H3,(H,21,23)/t14-/m0/s1. The lowest BCUT2D eigenvalue weighted by Gasteiger charge is -2.12. The summed E-state index contributed by atoms with van der Waals surface area (Å²) in [4.78, 5) is 12.0. The van der Waals surface area contributed by atoms with Gasteiger partial charge in [-0.1, -0.05) is 18.2 Å². The van der Waals surface area contributed by atoms with E-state index in [0.717, 1.165) is 28.8 Å². The van der Waals surface area contributed by atoms with E-state index in [1.165, 1.54) is 0 Å². The van der Waals surface area contributed by atoms with Crippen LogP contribution in [0.3, 0.4) is 0 Å². The number of aromatic nitrogens is 2. The summed E-state index contributed by atoms with van der Waals surface area (Å²) in [5.41, 5.74) is 1.97. The highest BCUT2D eigenvalue weighted by molar-refractivity contribution is 5.80. The highest BCUT2D eigenvalue weighted by atomic mass is 16.3. The number of benzene rings is 1. The normalized spacial score (nSPS) is 12.4. The molecule has 0 unspecified atom stereocenters. The number of nitrogens with zero attached hydrogens (tertiary/aromatic N) is 2. The predicted octanol–water partition coefficient (Wildman–Crippen LogP) is 2.40. The van der Waals surface area contributed by atoms with Gasteiger partial charge in [-0.15, -0.1) is 0 Å². The maximum Gasteiger partial charge on any atom is 0.234 e. The Bertz CT molecular complexity index is 788. The molecule has 0 aliphatic rings. The number of carbonyl (C=O) groups excluding carboxylic acids is 1. The second-order valence-electron chi connectivity index (χ2n) is 5.93. The monoisotopic (exact) mass is 326 g/mol. The van der Waals surface area contributed by atoms with E-state index in [4.69, 9.17) is 4.42 Å². The molecule has 2 N–H and O–H groups in total. The third-order valence-corrected chi connectivity index (χ3v) is 3.81. The molecule has 2 heterocycles. The van der Waals surface area contributed by atoms with E-state index in [-0.39, 0.29) is 18.5 Å². The van der Waals surface area contributed by atoms with E-state index in [9.17, 15) is 4.79 Å². The fraction of sp³-hybridized carbons (Fsp3) is 0.333. The van der Waals surface area contributed by atoms with Crippen LogP contribution in [0.15, 0.2) is 47.1 Å². The van der Waals surface area contributed by atoms with Crippen LogP contribution in [-0.2, 0) is 11.3 Å². The number of amides is 1. The number of fused-ring (bicyclic) bond motifs is 1. The van der Waals surface area contributed by atoms with Gasteiger partial charge < -0.3 is 15.1 Å². The Morgan fingerprint density at radius 3 is 2.96 bits per heavy atom. The Kier molecular flexibility index (Phi) is 4.96. The average molecular weight is 326 g/mol. The quantitative estimate of drug-likeness (QED) is 0.654. The zero-order valence-electron chi connectivity index (χ0n) is 14.0. The fourth-order valence-electron chi connectivity index (χ4n) is 2.56. The Morgan fingerprint density at radius 2 is 2.21 bits per heavy atom. The van der Waals surface area contributed by atoms with E-state index in [1.807, 2.05) is 61.3 Å². The van der Waals surface area contributed by atoms with Crippen molar-refractivity contribution in [1.82, 2.24) is 20.4 Å². The van der Waals surface area contributed by atoms with Crippen molar-refractivity contribution in [3.63, 3.8) is 0 Å². The minimum Gasteiger partial charge on any atom is -0.459 e. The molecule has 6 nitrogen and oxygen atoms in total. The number of rotatable bonds is 7. The van der Waals surface area contributed by atoms with Gasteiger partial charge in [-0.2, -0.15) is 5.10 Å². The van der Waals surface area contributed by atoms with Crippen LogP contribution in [0.1, 0.15) is 24.3 Å². The molecule has 3 aromatic rings. The minimum atomic E-state index is -0.166. The first-order valence-corrected chi connectivity index (χ1v) is 8.09. The van der Waals surface area contributed by atoms with E-state index in [1.54, 1.807) is 0 Å². The molecule has 0 saturated heterocycles. The summed E-state index contributed by atoms with van der Waals surface area (Å²) >= 11 is 0. The lowest BCUT2D eigenvalue weighted by molar-refractivity contribution is -0.121. The van der Waals surface area contributed by atoms with E-state index in [2.05, 4.69) is 15.7 Å². The van der Waals surface area contributed by atoms with Crippen LogP contribution in [0, 0.1) is 6.92 Å². The molecule has 24 heavy (non-hydrogen) atoms. The zero-order chi connectivity index (χ0) is 16.9. The zero-order valence-corrected chi connectivity index (χ0v) is 14.0. The summed E-state index contributed by atoms with van der Waals surface area (Å²) in [6.45, 7) is 5.62. The lowest BCUT2D eigenvalue weighted by atomic mass is 10.2. The Morgan fingerprint density at radius 1 is 1.38 bits per heavy atom. The topological polar surface area (TPSA) is 72.1 Å². The van der Waals surface area contributed by atoms with Crippen LogP contribution in [0.5, 0.6) is 0 Å². The molecular formula is C18H22N4O2. The summed E-state index contributed by atoms with van der Waals surface area (Å²) in [7, 11) is 0. The molecule has 6 heteroatoms. The third kappa shape index (κ3) is 4.02. The first kappa shape index (κ1) is 16.3. The molecule has 3 rings (SSSR count). The van der Waals surface area contributed by atoms with Gasteiger partial charge in [-0.05, 0) is 31.5 Å². The van der Waals surface area contributed by atoms with Crippen molar-refractivity contribution in [2.24, 2.45) is 0 Å². The molecule has 126 valence electrons. The highest BCUT2D eigenvalue weighted by Crippen LogP contribution is 2.23. The molecule has 0 fully saturated rings. The average Bonchev–Trinajstić information content (AvgIpc) is 3.17. The van der Waals surface area contributed by atoms with Gasteiger partial charge >= 0.3 is 0 Å². The van der Waals surface area contributed by atoms with Crippen molar-refractivity contribution in [1.29, 1.82) is 0 Å². The SMILES string of the molecule is Cc1cnn(CCNCC(=O)N[C@@H](C)c2cc3ccccc3o2)c1. The summed E-state index contributed by atoms with van der Waals surface area (Å²) < 4.78 is 7.63. The van der Waals surface area contributed by atoms with Crippen molar-refractivity contribution >= 4 is 16.9 Å². The van der Waals surface area contributed by atoms with Crippen molar-refractivity contribution in [2.45, 2.75) is 26.4 Å². The van der Waals surface area contributed by atoms with Gasteiger partial charge in [0.25, 0.3) is 0 Å². The van der Waals surface area contributed by atoms with Gasteiger partial charge in [0.05, 0.1) is 25.3 Å². The second-order valence-corrected chi connectivity index (χ2v) is 5.93. The molecule has 1 amide bonds. The van der Waals surface area contributed by atoms with Gasteiger partial charge in [-0.25, -0.2) is 0 Å². The van der Waals surface area contributed by atoms with Gasteiger partial charge in [0.2, 0.25) is 5.91 Å². The molecular weight excluding hydrogens is 304 g/mol. The first-order chi connectivity index (χ1) is 11.6. The predicted molar refractivity (Wildman–Crippen MR) is 92.6 cm³/mol. The number of hydrogen-bond acceptors (Lipinski definition) is 4. The Hall–Kier alpha value is -2.60. The number of aryl methyl sites for hydroxylation is 1. The molecule has 0 radical (unpaired) electrons. The number of hydrogen-bond donors (Lipinski definition) is 2. The smallest absolute Gasteiger partial charge is 0.234 e. The summed E-state index contributed by atoms with van der Waals surface area (Å²) in [6, 6.07) is 9.62. The van der Waals surface area contributed by atoms with Crippen LogP contribution >= 0.6 is 0 Å². The van der Waals surface area contributed by atoms with Crippen LogP contribution < -0.4 is 10.6 Å². The van der Waals surface area contributed by atoms with Crippen molar-refractivity contribution < 1.29 is 9.21 Å². The van der Waals surface area contributed by atoms with Gasteiger partial charge in [0.15, 0.2) is 0 Å². The van der Waals surface area contributed by atoms with Crippen molar-refractivity contribution in [3.05, 3.63) is 54.0 Å². The molecule has 2 aromatic heterocycles. The molecule has 0 aliphatic heterocycles. The van der Waals surface area contributed by atoms with E-state index >= 15 is 0 Å². The molecule has 1 atom stereocenters. The highest BCUT2D eigenvalue weighted by Gasteiger charge is 2.13. The molecule has 0 spiro atoms. The maximum atomic E-state index is 12.0. The first-order valence-electron chi connectivity index (χ1n) is 8.09. The fourth-order valence-corrected chi connectivity index (χ4v) is 2.56. The number of nitrogens with one attached hydrogen (secondary N) is 2. The molecule has 0 bridgehead atoms. The van der Waals surface area contributed by atoms with E-state index in [0.29, 0.717) is 6.54 Å². The van der Waals surface area contributed by atoms with Crippen molar-refractivity contribution in [2.75, 3.05) is 13.1 Å². The summed E-state index contributed by atoms with van der Waals surface area (Å²) in [5, 5.41) is 11.3. The minimum absolute atomic E-state index is 0.0559. The van der Waals surface area contributed by atoms with Crippen LogP contribution in [0.4, 0.5) is 0 Å². The largest absolute Gasteiger partial charge is 0.459 e. The lowest BCUT2D eigenvalue weighted by Crippen LogP contribution is -2.36. The van der Waals surface area contributed by atoms with Crippen LogP contribution in [0.25, 0.3) is 11.0 Å². The maximum absolute atomic E-state index is 12.0. The Labute approximate surface area is 140 Å². The molecule has 1 aromatic carbocycles.